The zero-order chi connectivity index (χ0) is 12.0. The van der Waals surface area contributed by atoms with E-state index < -0.39 is 0 Å². The van der Waals surface area contributed by atoms with Gasteiger partial charge < -0.3 is 21.2 Å². The van der Waals surface area contributed by atoms with Crippen LogP contribution in [-0.2, 0) is 0 Å². The zero-order valence-electron chi connectivity index (χ0n) is 9.65. The van der Waals surface area contributed by atoms with Crippen molar-refractivity contribution in [2.24, 2.45) is 10.9 Å². The van der Waals surface area contributed by atoms with Gasteiger partial charge in [-0.25, -0.2) is 4.79 Å². The number of carbonyl (C=O) groups is 1. The lowest BCUT2D eigenvalue weighted by Gasteiger charge is -2.21. The lowest BCUT2D eigenvalue weighted by Crippen LogP contribution is -2.49. The molecule has 1 unspecified atom stereocenters. The fourth-order valence-corrected chi connectivity index (χ4v) is 1.81. The van der Waals surface area contributed by atoms with E-state index in [1.165, 1.54) is 0 Å². The standard InChI is InChI=1S/C10H20N4O2/c1-2-5-8(9(11)13-16)12-10(15)14-6-3-4-7-14/h8,16H,2-7H2,1H3,(H2,11,13)(H,12,15). The summed E-state index contributed by atoms with van der Waals surface area (Å²) >= 11 is 0. The first-order valence-electron chi connectivity index (χ1n) is 5.72. The second kappa shape index (κ2) is 6.19. The van der Waals surface area contributed by atoms with Crippen LogP contribution < -0.4 is 11.1 Å². The maximum absolute atomic E-state index is 11.8. The number of likely N-dealkylation sites (tertiary alicyclic amines) is 1. The molecular weight excluding hydrogens is 208 g/mol. The smallest absolute Gasteiger partial charge is 0.317 e. The number of urea groups is 1. The lowest BCUT2D eigenvalue weighted by atomic mass is 10.1. The van der Waals surface area contributed by atoms with Crippen LogP contribution in [0, 0.1) is 0 Å². The van der Waals surface area contributed by atoms with Crippen molar-refractivity contribution >= 4 is 11.9 Å². The van der Waals surface area contributed by atoms with Crippen molar-refractivity contribution in [2.75, 3.05) is 13.1 Å². The minimum atomic E-state index is -0.372. The van der Waals surface area contributed by atoms with Gasteiger partial charge in [0.05, 0.1) is 6.04 Å². The Kier molecular flexibility index (Phi) is 4.88. The van der Waals surface area contributed by atoms with Gasteiger partial charge in [-0.1, -0.05) is 18.5 Å². The largest absolute Gasteiger partial charge is 0.409 e. The summed E-state index contributed by atoms with van der Waals surface area (Å²) in [7, 11) is 0. The monoisotopic (exact) mass is 228 g/mol. The first-order valence-corrected chi connectivity index (χ1v) is 5.72. The van der Waals surface area contributed by atoms with Gasteiger partial charge >= 0.3 is 6.03 Å². The van der Waals surface area contributed by atoms with E-state index in [0.29, 0.717) is 6.42 Å². The van der Waals surface area contributed by atoms with Crippen LogP contribution in [-0.4, -0.2) is 41.1 Å². The maximum Gasteiger partial charge on any atom is 0.317 e. The Hall–Kier alpha value is -1.46. The van der Waals surface area contributed by atoms with Gasteiger partial charge in [0, 0.05) is 13.1 Å². The number of hydrogen-bond acceptors (Lipinski definition) is 3. The highest BCUT2D eigenvalue weighted by atomic mass is 16.4. The normalized spacial score (nSPS) is 18.6. The first kappa shape index (κ1) is 12.6. The van der Waals surface area contributed by atoms with Crippen LogP contribution in [0.15, 0.2) is 5.16 Å². The Morgan fingerprint density at radius 3 is 2.69 bits per heavy atom. The minimum absolute atomic E-state index is 0.0643. The van der Waals surface area contributed by atoms with E-state index >= 15 is 0 Å². The number of carbonyl (C=O) groups excluding carboxylic acids is 1. The molecule has 1 heterocycles. The molecule has 1 aliphatic rings. The molecule has 0 bridgehead atoms. The molecule has 0 aromatic rings. The van der Waals surface area contributed by atoms with E-state index in [1.807, 2.05) is 6.92 Å². The Morgan fingerprint density at radius 2 is 2.19 bits per heavy atom. The third-order valence-corrected chi connectivity index (χ3v) is 2.74. The molecule has 6 heteroatoms. The molecule has 1 aliphatic heterocycles. The van der Waals surface area contributed by atoms with Gasteiger partial charge in [-0.15, -0.1) is 0 Å². The Labute approximate surface area is 95.5 Å². The van der Waals surface area contributed by atoms with Crippen molar-refractivity contribution in [3.05, 3.63) is 0 Å². The lowest BCUT2D eigenvalue weighted by molar-refractivity contribution is 0.206. The molecule has 2 amide bonds. The second-order valence-corrected chi connectivity index (χ2v) is 4.01. The van der Waals surface area contributed by atoms with Gasteiger partial charge in [-0.3, -0.25) is 0 Å². The average Bonchev–Trinajstić information content (AvgIpc) is 2.80. The van der Waals surface area contributed by atoms with Gasteiger partial charge in [0.2, 0.25) is 0 Å². The molecule has 1 rings (SSSR count). The highest BCUT2D eigenvalue weighted by Crippen LogP contribution is 2.08. The first-order chi connectivity index (χ1) is 7.69. The van der Waals surface area contributed by atoms with Gasteiger partial charge in [-0.05, 0) is 19.3 Å². The molecule has 6 nitrogen and oxygen atoms in total. The van der Waals surface area contributed by atoms with Gasteiger partial charge in [-0.2, -0.15) is 0 Å². The molecule has 0 saturated carbocycles. The summed E-state index contributed by atoms with van der Waals surface area (Å²) in [4.78, 5) is 13.5. The topological polar surface area (TPSA) is 91.0 Å². The molecule has 1 atom stereocenters. The summed E-state index contributed by atoms with van der Waals surface area (Å²) in [5.41, 5.74) is 5.52. The SMILES string of the molecule is CCCC(NC(=O)N1CCCC1)C(N)=NO. The molecular formula is C10H20N4O2. The van der Waals surface area contributed by atoms with Crippen molar-refractivity contribution < 1.29 is 10.0 Å². The quantitative estimate of drug-likeness (QED) is 0.286. The van der Waals surface area contributed by atoms with E-state index in [-0.39, 0.29) is 17.9 Å². The fourth-order valence-electron chi connectivity index (χ4n) is 1.81. The molecule has 4 N–H and O–H groups in total. The molecule has 92 valence electrons. The van der Waals surface area contributed by atoms with Gasteiger partial charge in [0.25, 0.3) is 0 Å². The molecule has 0 radical (unpaired) electrons. The van der Waals surface area contributed by atoms with Crippen molar-refractivity contribution in [1.29, 1.82) is 0 Å². The Balaban J connectivity index is 2.50. The highest BCUT2D eigenvalue weighted by Gasteiger charge is 2.22. The van der Waals surface area contributed by atoms with Crippen LogP contribution >= 0.6 is 0 Å². The minimum Gasteiger partial charge on any atom is -0.409 e. The Bertz CT molecular complexity index is 262. The zero-order valence-corrected chi connectivity index (χ0v) is 9.65. The summed E-state index contributed by atoms with van der Waals surface area (Å²) in [6, 6.07) is -0.495. The van der Waals surface area contributed by atoms with Crippen LogP contribution in [0.1, 0.15) is 32.6 Å². The molecule has 1 fully saturated rings. The summed E-state index contributed by atoms with van der Waals surface area (Å²) < 4.78 is 0. The van der Waals surface area contributed by atoms with E-state index in [2.05, 4.69) is 10.5 Å². The number of hydrogen-bond donors (Lipinski definition) is 3. The molecule has 0 spiro atoms. The van der Waals surface area contributed by atoms with E-state index in [9.17, 15) is 4.79 Å². The molecule has 16 heavy (non-hydrogen) atoms. The number of amides is 2. The number of oxime groups is 1. The van der Waals surface area contributed by atoms with Crippen LogP contribution in [0.5, 0.6) is 0 Å². The number of rotatable bonds is 4. The average molecular weight is 228 g/mol. The van der Waals surface area contributed by atoms with Gasteiger partial charge in [0.1, 0.15) is 0 Å². The van der Waals surface area contributed by atoms with Gasteiger partial charge in [0.15, 0.2) is 5.84 Å². The van der Waals surface area contributed by atoms with E-state index in [0.717, 1.165) is 32.4 Å². The second-order valence-electron chi connectivity index (χ2n) is 4.01. The third-order valence-electron chi connectivity index (χ3n) is 2.74. The Morgan fingerprint density at radius 1 is 1.56 bits per heavy atom. The number of nitrogens with one attached hydrogen (secondary N) is 1. The summed E-state index contributed by atoms with van der Waals surface area (Å²) in [5.74, 6) is 0.0643. The molecule has 0 aromatic heterocycles. The third kappa shape index (κ3) is 3.29. The van der Waals surface area contributed by atoms with Crippen LogP contribution in [0.2, 0.25) is 0 Å². The van der Waals surface area contributed by atoms with Crippen LogP contribution in [0.25, 0.3) is 0 Å². The molecule has 0 aliphatic carbocycles. The van der Waals surface area contributed by atoms with Crippen LogP contribution in [0.3, 0.4) is 0 Å². The van der Waals surface area contributed by atoms with Crippen molar-refractivity contribution in [1.82, 2.24) is 10.2 Å². The molecule has 1 saturated heterocycles. The molecule has 0 aromatic carbocycles. The number of nitrogens with zero attached hydrogens (tertiary/aromatic N) is 2. The van der Waals surface area contributed by atoms with Crippen LogP contribution in [0.4, 0.5) is 4.79 Å². The predicted molar refractivity (Wildman–Crippen MR) is 61.4 cm³/mol. The van der Waals surface area contributed by atoms with Crippen molar-refractivity contribution in [3.8, 4) is 0 Å². The van der Waals surface area contributed by atoms with Crippen molar-refractivity contribution in [3.63, 3.8) is 0 Å². The maximum atomic E-state index is 11.8. The highest BCUT2D eigenvalue weighted by molar-refractivity contribution is 5.89. The van der Waals surface area contributed by atoms with Crippen molar-refractivity contribution in [2.45, 2.75) is 38.6 Å². The summed E-state index contributed by atoms with van der Waals surface area (Å²) in [6.45, 7) is 3.57. The number of amidine groups is 1. The van der Waals surface area contributed by atoms with E-state index in [4.69, 9.17) is 10.9 Å². The summed E-state index contributed by atoms with van der Waals surface area (Å²) in [5, 5.41) is 14.3. The summed E-state index contributed by atoms with van der Waals surface area (Å²) in [6.07, 6.45) is 3.64. The fraction of sp³-hybridized carbons (Fsp3) is 0.800. The predicted octanol–water partition coefficient (Wildman–Crippen LogP) is 0.707. The number of nitrogens with two attached hydrogens (primary N) is 1. The van der Waals surface area contributed by atoms with E-state index in [1.54, 1.807) is 4.90 Å².